The van der Waals surface area contributed by atoms with E-state index >= 15 is 0 Å². The van der Waals surface area contributed by atoms with Gasteiger partial charge in [0.05, 0.1) is 0 Å². The van der Waals surface area contributed by atoms with E-state index in [9.17, 15) is 0 Å². The van der Waals surface area contributed by atoms with Crippen LogP contribution in [0.5, 0.6) is 11.8 Å². The molecule has 2 rings (SSSR count). The van der Waals surface area contributed by atoms with Gasteiger partial charge in [-0.2, -0.15) is 0 Å². The third-order valence-electron chi connectivity index (χ3n) is 3.18. The van der Waals surface area contributed by atoms with E-state index in [0.717, 1.165) is 28.9 Å². The van der Waals surface area contributed by atoms with Gasteiger partial charge < -0.3 is 10.5 Å². The third kappa shape index (κ3) is 3.09. The summed E-state index contributed by atoms with van der Waals surface area (Å²) in [4.78, 5) is 8.43. The maximum atomic E-state index is 5.80. The Balaban J connectivity index is 2.24. The molecule has 2 N–H and O–H groups in total. The van der Waals surface area contributed by atoms with Crippen molar-refractivity contribution >= 4 is 0 Å². The first-order chi connectivity index (χ1) is 9.11. The van der Waals surface area contributed by atoms with E-state index in [1.165, 1.54) is 5.56 Å². The van der Waals surface area contributed by atoms with E-state index in [2.05, 4.69) is 23.0 Å². The first-order valence-electron chi connectivity index (χ1n) is 6.37. The Labute approximate surface area is 113 Å². The molecular weight excluding hydrogens is 238 g/mol. The molecule has 1 heterocycles. The highest BCUT2D eigenvalue weighted by atomic mass is 16.5. The molecule has 4 heteroatoms. The minimum Gasteiger partial charge on any atom is -0.424 e. The smallest absolute Gasteiger partial charge is 0.321 e. The highest BCUT2D eigenvalue weighted by Crippen LogP contribution is 2.28. The van der Waals surface area contributed by atoms with Gasteiger partial charge in [-0.3, -0.25) is 0 Å². The number of aryl methyl sites for hydroxylation is 2. The predicted molar refractivity (Wildman–Crippen MR) is 75.5 cm³/mol. The van der Waals surface area contributed by atoms with Gasteiger partial charge in [0.1, 0.15) is 5.75 Å². The van der Waals surface area contributed by atoms with Crippen LogP contribution in [0.2, 0.25) is 0 Å². The molecule has 0 spiro atoms. The Morgan fingerprint density at radius 1 is 1.05 bits per heavy atom. The molecule has 2 aromatic rings. The van der Waals surface area contributed by atoms with E-state index < -0.39 is 0 Å². The van der Waals surface area contributed by atoms with E-state index in [-0.39, 0.29) is 0 Å². The maximum absolute atomic E-state index is 5.80. The molecule has 1 aromatic heterocycles. The van der Waals surface area contributed by atoms with Gasteiger partial charge in [-0.15, -0.1) is 0 Å². The van der Waals surface area contributed by atoms with E-state index in [1.54, 1.807) is 12.4 Å². The van der Waals surface area contributed by atoms with Crippen LogP contribution >= 0.6 is 0 Å². The molecule has 100 valence electrons. The summed E-state index contributed by atoms with van der Waals surface area (Å²) in [6, 6.07) is 4.50. The standard InChI is InChI=1S/C15H19N3O/c1-10-4-5-11(2)14(12(10)3)19-15-17-8-13(6-7-16)9-18-15/h4-5,8-9H,6-7,16H2,1-3H3. The van der Waals surface area contributed by atoms with E-state index in [1.807, 2.05) is 19.9 Å². The normalized spacial score (nSPS) is 10.5. The molecule has 0 radical (unpaired) electrons. The number of aromatic nitrogens is 2. The van der Waals surface area contributed by atoms with Gasteiger partial charge in [0.15, 0.2) is 0 Å². The lowest BCUT2D eigenvalue weighted by atomic mass is 10.1. The van der Waals surface area contributed by atoms with Crippen molar-refractivity contribution in [2.45, 2.75) is 27.2 Å². The summed E-state index contributed by atoms with van der Waals surface area (Å²) in [5.74, 6) is 0.839. The lowest BCUT2D eigenvalue weighted by Crippen LogP contribution is -2.04. The van der Waals surface area contributed by atoms with Crippen molar-refractivity contribution < 1.29 is 4.74 Å². The average Bonchev–Trinajstić information content (AvgIpc) is 2.41. The molecule has 0 saturated heterocycles. The number of benzene rings is 1. The molecule has 0 bridgehead atoms. The van der Waals surface area contributed by atoms with Crippen LogP contribution in [0.1, 0.15) is 22.3 Å². The highest BCUT2D eigenvalue weighted by molar-refractivity contribution is 5.45. The number of hydrogen-bond donors (Lipinski definition) is 1. The lowest BCUT2D eigenvalue weighted by Gasteiger charge is -2.12. The Hall–Kier alpha value is -1.94. The molecule has 19 heavy (non-hydrogen) atoms. The summed E-state index contributed by atoms with van der Waals surface area (Å²) < 4.78 is 5.80. The van der Waals surface area contributed by atoms with Gasteiger partial charge in [0.2, 0.25) is 0 Å². The van der Waals surface area contributed by atoms with E-state index in [4.69, 9.17) is 10.5 Å². The quantitative estimate of drug-likeness (QED) is 0.914. The summed E-state index contributed by atoms with van der Waals surface area (Å²) in [5, 5.41) is 0. The van der Waals surface area contributed by atoms with Gasteiger partial charge in [0, 0.05) is 12.4 Å². The van der Waals surface area contributed by atoms with Gasteiger partial charge >= 0.3 is 6.01 Å². The fraction of sp³-hybridized carbons (Fsp3) is 0.333. The van der Waals surface area contributed by atoms with Crippen LogP contribution in [0.15, 0.2) is 24.5 Å². The van der Waals surface area contributed by atoms with Gasteiger partial charge in [0.25, 0.3) is 0 Å². The molecular formula is C15H19N3O. The molecule has 0 aliphatic heterocycles. The third-order valence-corrected chi connectivity index (χ3v) is 3.18. The van der Waals surface area contributed by atoms with Crippen LogP contribution in [0.4, 0.5) is 0 Å². The molecule has 0 amide bonds. The van der Waals surface area contributed by atoms with Crippen molar-refractivity contribution in [1.82, 2.24) is 9.97 Å². The zero-order valence-corrected chi connectivity index (χ0v) is 11.6. The molecule has 0 aliphatic carbocycles. The second-order valence-electron chi connectivity index (χ2n) is 4.67. The summed E-state index contributed by atoms with van der Waals surface area (Å²) in [5.41, 5.74) is 9.91. The molecule has 0 fully saturated rings. The zero-order valence-electron chi connectivity index (χ0n) is 11.6. The van der Waals surface area contributed by atoms with Crippen LogP contribution in [0.3, 0.4) is 0 Å². The first kappa shape index (κ1) is 13.5. The molecule has 0 unspecified atom stereocenters. The zero-order chi connectivity index (χ0) is 13.8. The Morgan fingerprint density at radius 2 is 1.68 bits per heavy atom. The van der Waals surface area contributed by atoms with Crippen LogP contribution < -0.4 is 10.5 Å². The van der Waals surface area contributed by atoms with Crippen molar-refractivity contribution in [3.63, 3.8) is 0 Å². The number of hydrogen-bond acceptors (Lipinski definition) is 4. The minimum atomic E-state index is 0.373. The average molecular weight is 257 g/mol. The molecule has 1 aromatic carbocycles. The number of ether oxygens (including phenoxy) is 1. The summed E-state index contributed by atoms with van der Waals surface area (Å²) in [6.45, 7) is 6.72. The van der Waals surface area contributed by atoms with Gasteiger partial charge in [-0.25, -0.2) is 9.97 Å². The van der Waals surface area contributed by atoms with Crippen LogP contribution in [0.25, 0.3) is 0 Å². The lowest BCUT2D eigenvalue weighted by molar-refractivity contribution is 0.434. The Morgan fingerprint density at radius 3 is 2.32 bits per heavy atom. The van der Waals surface area contributed by atoms with Crippen molar-refractivity contribution in [1.29, 1.82) is 0 Å². The van der Waals surface area contributed by atoms with Crippen molar-refractivity contribution in [2.24, 2.45) is 5.73 Å². The fourth-order valence-electron chi connectivity index (χ4n) is 1.87. The van der Waals surface area contributed by atoms with Crippen LogP contribution in [0, 0.1) is 20.8 Å². The van der Waals surface area contributed by atoms with Gasteiger partial charge in [-0.05, 0) is 56.0 Å². The summed E-state index contributed by atoms with van der Waals surface area (Å²) in [7, 11) is 0. The van der Waals surface area contributed by atoms with Crippen molar-refractivity contribution in [2.75, 3.05) is 6.54 Å². The maximum Gasteiger partial charge on any atom is 0.321 e. The summed E-state index contributed by atoms with van der Waals surface area (Å²) in [6.07, 6.45) is 4.30. The predicted octanol–water partition coefficient (Wildman–Crippen LogP) is 2.70. The second kappa shape index (κ2) is 5.80. The number of nitrogens with zero attached hydrogens (tertiary/aromatic N) is 2. The second-order valence-corrected chi connectivity index (χ2v) is 4.67. The number of rotatable bonds is 4. The molecule has 0 aliphatic rings. The molecule has 0 saturated carbocycles. The minimum absolute atomic E-state index is 0.373. The fourth-order valence-corrected chi connectivity index (χ4v) is 1.87. The number of nitrogens with two attached hydrogens (primary N) is 1. The van der Waals surface area contributed by atoms with Crippen molar-refractivity contribution in [3.05, 3.63) is 46.8 Å². The molecule has 0 atom stereocenters. The summed E-state index contributed by atoms with van der Waals surface area (Å²) >= 11 is 0. The van der Waals surface area contributed by atoms with Crippen LogP contribution in [-0.2, 0) is 6.42 Å². The Bertz CT molecular complexity index is 564. The Kier molecular flexibility index (Phi) is 4.12. The largest absolute Gasteiger partial charge is 0.424 e. The first-order valence-corrected chi connectivity index (χ1v) is 6.37. The monoisotopic (exact) mass is 257 g/mol. The van der Waals surface area contributed by atoms with Crippen LogP contribution in [-0.4, -0.2) is 16.5 Å². The SMILES string of the molecule is Cc1ccc(C)c(Oc2ncc(CCN)cn2)c1C. The topological polar surface area (TPSA) is 61.0 Å². The van der Waals surface area contributed by atoms with Gasteiger partial charge in [-0.1, -0.05) is 12.1 Å². The van der Waals surface area contributed by atoms with E-state index in [0.29, 0.717) is 12.6 Å². The van der Waals surface area contributed by atoms with Crippen molar-refractivity contribution in [3.8, 4) is 11.8 Å². The highest BCUT2D eigenvalue weighted by Gasteiger charge is 2.09. The molecule has 4 nitrogen and oxygen atoms in total.